The van der Waals surface area contributed by atoms with E-state index in [1.807, 2.05) is 15.7 Å². The summed E-state index contributed by atoms with van der Waals surface area (Å²) in [5.41, 5.74) is 3.36. The molecule has 1 N–H and O–H groups in total. The third-order valence-electron chi connectivity index (χ3n) is 8.18. The predicted octanol–water partition coefficient (Wildman–Crippen LogP) is 3.12. The fourth-order valence-corrected chi connectivity index (χ4v) is 6.61. The van der Waals surface area contributed by atoms with E-state index >= 15 is 0 Å². The van der Waals surface area contributed by atoms with Gasteiger partial charge in [0.05, 0.1) is 6.20 Å². The average Bonchev–Trinajstić information content (AvgIpc) is 3.52. The van der Waals surface area contributed by atoms with Gasteiger partial charge in [0.25, 0.3) is 5.56 Å². The number of hydrogen-bond acceptors (Lipinski definition) is 4. The van der Waals surface area contributed by atoms with Gasteiger partial charge in [0, 0.05) is 68.1 Å². The molecular weight excluding hydrogens is 461 g/mol. The number of hydrogen-bond donors (Lipinski definition) is 1. The minimum atomic E-state index is 0. The fourth-order valence-electron chi connectivity index (χ4n) is 6.61. The molecule has 3 fully saturated rings. The van der Waals surface area contributed by atoms with E-state index in [0.29, 0.717) is 24.4 Å². The molecule has 0 saturated carbocycles. The summed E-state index contributed by atoms with van der Waals surface area (Å²) in [4.78, 5) is 30.8. The van der Waals surface area contributed by atoms with Gasteiger partial charge >= 0.3 is 0 Å². The van der Waals surface area contributed by atoms with Gasteiger partial charge in [-0.15, -0.1) is 24.8 Å². The van der Waals surface area contributed by atoms with Crippen LogP contribution in [-0.4, -0.2) is 55.6 Å². The standard InChI is InChI=1S/C24H31N5O2.2ClH/c30-23(8-1-16-10-25-26-11-16)27-12-17-9-19(14-27)22-7-2-18(24(31)29(22)13-17)15-28-20-3-4-21(28)6-5-20;;/h2,7,10-11,17,19-21H,1,3-6,8-9,12-15H2,(H,25,26);2*1H/t17-,19+,20?,21?;;/m0../s1. The molecule has 2 aromatic heterocycles. The van der Waals surface area contributed by atoms with Crippen molar-refractivity contribution in [1.29, 1.82) is 0 Å². The van der Waals surface area contributed by atoms with E-state index in [4.69, 9.17) is 0 Å². The Hall–Kier alpha value is -1.83. The zero-order valence-corrected chi connectivity index (χ0v) is 20.5. The Morgan fingerprint density at radius 1 is 1.06 bits per heavy atom. The number of amides is 1. The molecule has 33 heavy (non-hydrogen) atoms. The topological polar surface area (TPSA) is 74.2 Å². The van der Waals surface area contributed by atoms with Crippen LogP contribution in [0.4, 0.5) is 0 Å². The van der Waals surface area contributed by atoms with Gasteiger partial charge in [-0.3, -0.25) is 19.6 Å². The van der Waals surface area contributed by atoms with E-state index in [-0.39, 0.29) is 42.2 Å². The number of nitrogens with one attached hydrogen (secondary N) is 1. The molecule has 6 rings (SSSR count). The lowest BCUT2D eigenvalue weighted by atomic mass is 9.82. The second kappa shape index (κ2) is 9.80. The molecule has 6 heterocycles. The highest BCUT2D eigenvalue weighted by molar-refractivity contribution is 5.85. The van der Waals surface area contributed by atoms with E-state index in [1.165, 1.54) is 25.7 Å². The van der Waals surface area contributed by atoms with Crippen molar-refractivity contribution in [3.63, 3.8) is 0 Å². The van der Waals surface area contributed by atoms with Crippen LogP contribution in [0.15, 0.2) is 29.3 Å². The number of carbonyl (C=O) groups excluding carboxylic acids is 1. The normalized spacial score (nSPS) is 27.6. The minimum Gasteiger partial charge on any atom is -0.342 e. The van der Waals surface area contributed by atoms with E-state index in [1.54, 1.807) is 6.20 Å². The quantitative estimate of drug-likeness (QED) is 0.694. The Morgan fingerprint density at radius 3 is 2.52 bits per heavy atom. The van der Waals surface area contributed by atoms with Gasteiger partial charge in [-0.2, -0.15) is 5.10 Å². The van der Waals surface area contributed by atoms with Gasteiger partial charge in [0.15, 0.2) is 0 Å². The maximum atomic E-state index is 13.4. The lowest BCUT2D eigenvalue weighted by Crippen LogP contribution is -2.49. The van der Waals surface area contributed by atoms with Crippen LogP contribution in [0.3, 0.4) is 0 Å². The van der Waals surface area contributed by atoms with Crippen molar-refractivity contribution in [1.82, 2.24) is 24.6 Å². The third-order valence-corrected chi connectivity index (χ3v) is 8.18. The average molecular weight is 494 g/mol. The zero-order valence-electron chi connectivity index (χ0n) is 18.8. The number of aryl methyl sites for hydroxylation is 1. The van der Waals surface area contributed by atoms with Crippen molar-refractivity contribution in [3.05, 3.63) is 51.7 Å². The largest absolute Gasteiger partial charge is 0.342 e. The number of pyridine rings is 1. The summed E-state index contributed by atoms with van der Waals surface area (Å²) in [5.74, 6) is 0.864. The van der Waals surface area contributed by atoms with Crippen LogP contribution in [-0.2, 0) is 24.3 Å². The first kappa shape index (κ1) is 24.3. The molecule has 2 atom stereocenters. The lowest BCUT2D eigenvalue weighted by Gasteiger charge is -2.43. The molecule has 4 aliphatic rings. The number of aromatic amines is 1. The van der Waals surface area contributed by atoms with E-state index < -0.39 is 0 Å². The molecule has 2 aromatic rings. The Labute approximate surface area is 206 Å². The smallest absolute Gasteiger partial charge is 0.255 e. The summed E-state index contributed by atoms with van der Waals surface area (Å²) in [6.07, 6.45) is 11.1. The Kier molecular flexibility index (Phi) is 7.22. The van der Waals surface area contributed by atoms with Gasteiger partial charge in [-0.05, 0) is 56.1 Å². The molecule has 0 spiro atoms. The van der Waals surface area contributed by atoms with Crippen molar-refractivity contribution in [2.24, 2.45) is 5.92 Å². The zero-order chi connectivity index (χ0) is 20.9. The summed E-state index contributed by atoms with van der Waals surface area (Å²) in [7, 11) is 0. The van der Waals surface area contributed by atoms with Crippen molar-refractivity contribution < 1.29 is 4.79 Å². The van der Waals surface area contributed by atoms with Crippen molar-refractivity contribution in [2.75, 3.05) is 13.1 Å². The molecule has 0 aromatic carbocycles. The first-order valence-corrected chi connectivity index (χ1v) is 11.9. The maximum Gasteiger partial charge on any atom is 0.255 e. The predicted molar refractivity (Wildman–Crippen MR) is 131 cm³/mol. The number of piperidine rings is 1. The number of rotatable bonds is 5. The minimum absolute atomic E-state index is 0. The molecule has 4 aliphatic heterocycles. The molecule has 3 saturated heterocycles. The molecule has 9 heteroatoms. The summed E-state index contributed by atoms with van der Waals surface area (Å²) >= 11 is 0. The van der Waals surface area contributed by atoms with Crippen LogP contribution in [0.25, 0.3) is 0 Å². The van der Waals surface area contributed by atoms with Crippen molar-refractivity contribution >= 4 is 30.7 Å². The van der Waals surface area contributed by atoms with Crippen molar-refractivity contribution in [3.8, 4) is 0 Å². The molecule has 7 nitrogen and oxygen atoms in total. The molecule has 180 valence electrons. The van der Waals surface area contributed by atoms with Crippen LogP contribution in [0.5, 0.6) is 0 Å². The molecule has 4 bridgehead atoms. The second-order valence-electron chi connectivity index (χ2n) is 10.0. The van der Waals surface area contributed by atoms with Crippen LogP contribution in [0.2, 0.25) is 0 Å². The van der Waals surface area contributed by atoms with Crippen LogP contribution in [0, 0.1) is 5.92 Å². The van der Waals surface area contributed by atoms with Gasteiger partial charge in [-0.1, -0.05) is 6.07 Å². The molecule has 0 radical (unpaired) electrons. The Morgan fingerprint density at radius 2 is 1.82 bits per heavy atom. The van der Waals surface area contributed by atoms with Crippen LogP contribution >= 0.6 is 24.8 Å². The van der Waals surface area contributed by atoms with Gasteiger partial charge in [0.1, 0.15) is 0 Å². The number of likely N-dealkylation sites (tertiary alicyclic amines) is 1. The van der Waals surface area contributed by atoms with Crippen LogP contribution in [0.1, 0.15) is 61.3 Å². The monoisotopic (exact) mass is 493 g/mol. The van der Waals surface area contributed by atoms with E-state index in [0.717, 1.165) is 55.8 Å². The summed E-state index contributed by atoms with van der Waals surface area (Å²) in [6, 6.07) is 5.62. The highest BCUT2D eigenvalue weighted by atomic mass is 35.5. The first-order valence-electron chi connectivity index (χ1n) is 11.9. The highest BCUT2D eigenvalue weighted by Crippen LogP contribution is 2.39. The number of nitrogens with zero attached hydrogens (tertiary/aromatic N) is 4. The number of fused-ring (bicyclic) bond motifs is 6. The molecule has 1 amide bonds. The fraction of sp³-hybridized carbons (Fsp3) is 0.625. The van der Waals surface area contributed by atoms with Gasteiger partial charge in [-0.25, -0.2) is 0 Å². The summed E-state index contributed by atoms with van der Waals surface area (Å²) < 4.78 is 2.04. The molecule has 0 aliphatic carbocycles. The summed E-state index contributed by atoms with van der Waals surface area (Å²) in [6.45, 7) is 3.06. The van der Waals surface area contributed by atoms with E-state index in [9.17, 15) is 9.59 Å². The highest BCUT2D eigenvalue weighted by Gasteiger charge is 2.40. The first-order chi connectivity index (χ1) is 15.2. The van der Waals surface area contributed by atoms with Crippen LogP contribution < -0.4 is 5.56 Å². The molecular formula is C24H33Cl2N5O2. The molecule has 0 unspecified atom stereocenters. The lowest BCUT2D eigenvalue weighted by molar-refractivity contribution is -0.133. The number of H-pyrrole nitrogens is 1. The van der Waals surface area contributed by atoms with Crippen molar-refractivity contribution in [2.45, 2.75) is 76.0 Å². The van der Waals surface area contributed by atoms with Gasteiger partial charge in [0.2, 0.25) is 5.91 Å². The number of halogens is 2. The maximum absolute atomic E-state index is 13.4. The van der Waals surface area contributed by atoms with E-state index in [2.05, 4.69) is 27.2 Å². The van der Waals surface area contributed by atoms with Gasteiger partial charge < -0.3 is 9.47 Å². The second-order valence-corrected chi connectivity index (χ2v) is 10.0. The Balaban J connectivity index is 0.00000130. The summed E-state index contributed by atoms with van der Waals surface area (Å²) in [5, 5.41) is 6.76. The number of aromatic nitrogens is 3. The number of carbonyl (C=O) groups is 1. The third kappa shape index (κ3) is 4.47. The SMILES string of the molecule is Cl.Cl.O=C(CCc1cn[nH]c1)N1C[C@@H]2C[C@H](C1)c1ccc(CN3C4CCC3CC4)c(=O)n1C2. The Bertz CT molecular complexity index is 1020.